The SMILES string of the molecule is C[B]N1CCc2cc(Cl)c(C(C)C)cc2C1. The minimum atomic E-state index is 0.499. The molecule has 1 radical (unpaired) electrons. The Balaban J connectivity index is 2.36. The van der Waals surface area contributed by atoms with Gasteiger partial charge in [0.15, 0.2) is 0 Å². The first-order valence-corrected chi connectivity index (χ1v) is 6.34. The number of halogens is 1. The van der Waals surface area contributed by atoms with Crippen LogP contribution in [0.5, 0.6) is 0 Å². The van der Waals surface area contributed by atoms with E-state index in [0.29, 0.717) is 5.92 Å². The number of nitrogens with zero attached hydrogens (tertiary/aromatic N) is 1. The second-order valence-corrected chi connectivity index (χ2v) is 5.18. The summed E-state index contributed by atoms with van der Waals surface area (Å²) in [6.07, 6.45) is 1.11. The predicted molar refractivity (Wildman–Crippen MR) is 71.3 cm³/mol. The van der Waals surface area contributed by atoms with Crippen LogP contribution in [0.15, 0.2) is 12.1 Å². The fourth-order valence-corrected chi connectivity index (χ4v) is 2.69. The molecule has 1 heterocycles. The van der Waals surface area contributed by atoms with Crippen molar-refractivity contribution in [3.8, 4) is 0 Å². The average Bonchev–Trinajstić information content (AvgIpc) is 2.27. The average molecular weight is 235 g/mol. The maximum Gasteiger partial charge on any atom is 0.205 e. The van der Waals surface area contributed by atoms with Gasteiger partial charge >= 0.3 is 0 Å². The third kappa shape index (κ3) is 2.28. The summed E-state index contributed by atoms with van der Waals surface area (Å²) < 4.78 is 0. The van der Waals surface area contributed by atoms with Crippen molar-refractivity contribution in [2.45, 2.75) is 39.6 Å². The molecule has 1 nitrogen and oxygen atoms in total. The van der Waals surface area contributed by atoms with Gasteiger partial charge in [0.25, 0.3) is 0 Å². The molecule has 3 heteroatoms. The first kappa shape index (κ1) is 12.0. The number of benzene rings is 1. The second kappa shape index (κ2) is 4.81. The van der Waals surface area contributed by atoms with Crippen LogP contribution in [0, 0.1) is 0 Å². The van der Waals surface area contributed by atoms with Gasteiger partial charge in [-0.15, -0.1) is 0 Å². The van der Waals surface area contributed by atoms with Crippen LogP contribution in [0.25, 0.3) is 0 Å². The molecule has 0 aromatic heterocycles. The lowest BCUT2D eigenvalue weighted by atomic mass is 9.87. The molecule has 0 unspecified atom stereocenters. The fourth-order valence-electron chi connectivity index (χ4n) is 2.28. The summed E-state index contributed by atoms with van der Waals surface area (Å²) in [6.45, 7) is 8.63. The Hall–Kier alpha value is -0.465. The molecule has 0 saturated carbocycles. The Morgan fingerprint density at radius 3 is 2.69 bits per heavy atom. The van der Waals surface area contributed by atoms with Gasteiger partial charge in [0, 0.05) is 11.6 Å². The normalized spacial score (nSPS) is 16.3. The second-order valence-electron chi connectivity index (χ2n) is 4.78. The Kier molecular flexibility index (Phi) is 3.61. The summed E-state index contributed by atoms with van der Waals surface area (Å²) in [5.74, 6) is 0.499. The molecule has 16 heavy (non-hydrogen) atoms. The monoisotopic (exact) mass is 234 g/mol. The standard InChI is InChI=1S/C13H18BClN/c1-9(2)12-6-11-8-16(14-3)5-4-10(11)7-13(12)15/h6-7,9H,4-5,8H2,1-3H3. The largest absolute Gasteiger partial charge is 0.343 e. The highest BCUT2D eigenvalue weighted by Crippen LogP contribution is 2.30. The van der Waals surface area contributed by atoms with Crippen molar-refractivity contribution >= 4 is 19.0 Å². The molecule has 0 aliphatic carbocycles. The van der Waals surface area contributed by atoms with Crippen LogP contribution in [-0.2, 0) is 13.0 Å². The molecule has 0 fully saturated rings. The van der Waals surface area contributed by atoms with E-state index < -0.39 is 0 Å². The molecule has 0 bridgehead atoms. The van der Waals surface area contributed by atoms with Crippen LogP contribution in [0.4, 0.5) is 0 Å². The van der Waals surface area contributed by atoms with Crippen molar-refractivity contribution in [3.05, 3.63) is 33.8 Å². The topological polar surface area (TPSA) is 3.24 Å². The summed E-state index contributed by atoms with van der Waals surface area (Å²) in [5.41, 5.74) is 4.14. The van der Waals surface area contributed by atoms with Crippen LogP contribution >= 0.6 is 11.6 Å². The third-order valence-corrected chi connectivity index (χ3v) is 3.68. The zero-order chi connectivity index (χ0) is 11.7. The smallest absolute Gasteiger partial charge is 0.205 e. The lowest BCUT2D eigenvalue weighted by molar-refractivity contribution is 0.419. The Morgan fingerprint density at radius 2 is 2.06 bits per heavy atom. The van der Waals surface area contributed by atoms with Crippen molar-refractivity contribution in [2.75, 3.05) is 6.54 Å². The van der Waals surface area contributed by atoms with Crippen LogP contribution in [0.3, 0.4) is 0 Å². The van der Waals surface area contributed by atoms with Gasteiger partial charge in [0.1, 0.15) is 0 Å². The summed E-state index contributed by atoms with van der Waals surface area (Å²) in [6, 6.07) is 4.46. The molecule has 0 spiro atoms. The van der Waals surface area contributed by atoms with E-state index in [9.17, 15) is 0 Å². The molecule has 0 atom stereocenters. The Labute approximate surface area is 104 Å². The fraction of sp³-hybridized carbons (Fsp3) is 0.538. The molecule has 85 valence electrons. The minimum Gasteiger partial charge on any atom is -0.343 e. The van der Waals surface area contributed by atoms with E-state index >= 15 is 0 Å². The molecule has 1 aliphatic rings. The molecule has 0 amide bonds. The zero-order valence-corrected chi connectivity index (χ0v) is 11.0. The zero-order valence-electron chi connectivity index (χ0n) is 10.3. The van der Waals surface area contributed by atoms with Gasteiger partial charge in [-0.2, -0.15) is 0 Å². The molecular weight excluding hydrogens is 216 g/mol. The van der Waals surface area contributed by atoms with Gasteiger partial charge in [0.2, 0.25) is 7.41 Å². The molecule has 1 aromatic carbocycles. The van der Waals surface area contributed by atoms with Crippen molar-refractivity contribution < 1.29 is 0 Å². The van der Waals surface area contributed by atoms with Crippen LogP contribution in [0.2, 0.25) is 11.8 Å². The summed E-state index contributed by atoms with van der Waals surface area (Å²) in [4.78, 5) is 2.36. The van der Waals surface area contributed by atoms with Crippen LogP contribution in [0.1, 0.15) is 36.5 Å². The third-order valence-electron chi connectivity index (χ3n) is 3.35. The highest BCUT2D eigenvalue weighted by atomic mass is 35.5. The Morgan fingerprint density at radius 1 is 1.31 bits per heavy atom. The minimum absolute atomic E-state index is 0.499. The van der Waals surface area contributed by atoms with E-state index in [0.717, 1.165) is 24.5 Å². The van der Waals surface area contributed by atoms with E-state index in [1.165, 1.54) is 16.7 Å². The van der Waals surface area contributed by atoms with Crippen molar-refractivity contribution in [2.24, 2.45) is 0 Å². The first-order valence-electron chi connectivity index (χ1n) is 5.96. The van der Waals surface area contributed by atoms with E-state index in [2.05, 4.69) is 45.0 Å². The predicted octanol–water partition coefficient (Wildman–Crippen LogP) is 3.49. The number of rotatable bonds is 2. The lowest BCUT2D eigenvalue weighted by Crippen LogP contribution is -2.32. The number of hydrogen-bond acceptors (Lipinski definition) is 1. The first-order chi connectivity index (χ1) is 7.61. The van der Waals surface area contributed by atoms with E-state index in [1.807, 2.05) is 0 Å². The summed E-state index contributed by atoms with van der Waals surface area (Å²) in [7, 11) is 2.17. The summed E-state index contributed by atoms with van der Waals surface area (Å²) in [5, 5.41) is 0.933. The van der Waals surface area contributed by atoms with Gasteiger partial charge < -0.3 is 4.81 Å². The van der Waals surface area contributed by atoms with E-state index in [1.54, 1.807) is 0 Å². The van der Waals surface area contributed by atoms with Gasteiger partial charge in [-0.1, -0.05) is 38.3 Å². The van der Waals surface area contributed by atoms with Gasteiger partial charge in [-0.3, -0.25) is 0 Å². The highest BCUT2D eigenvalue weighted by Gasteiger charge is 2.17. The maximum atomic E-state index is 6.31. The molecule has 1 aromatic rings. The van der Waals surface area contributed by atoms with Gasteiger partial charge in [-0.25, -0.2) is 0 Å². The molecule has 0 saturated heterocycles. The van der Waals surface area contributed by atoms with Crippen molar-refractivity contribution in [3.63, 3.8) is 0 Å². The number of fused-ring (bicyclic) bond motifs is 1. The maximum absolute atomic E-state index is 6.31. The van der Waals surface area contributed by atoms with Crippen molar-refractivity contribution in [1.82, 2.24) is 4.81 Å². The molecule has 0 N–H and O–H groups in total. The van der Waals surface area contributed by atoms with E-state index in [4.69, 9.17) is 11.6 Å². The number of hydrogen-bond donors (Lipinski definition) is 0. The van der Waals surface area contributed by atoms with E-state index in [-0.39, 0.29) is 0 Å². The molecule has 1 aliphatic heterocycles. The quantitative estimate of drug-likeness (QED) is 0.708. The molecular formula is C13H18BClN. The Bertz CT molecular complexity index is 390. The van der Waals surface area contributed by atoms with Crippen LogP contribution in [-0.4, -0.2) is 18.8 Å². The van der Waals surface area contributed by atoms with Gasteiger partial charge in [0.05, 0.1) is 0 Å². The summed E-state index contributed by atoms with van der Waals surface area (Å²) >= 11 is 6.31. The molecule has 2 rings (SSSR count). The lowest BCUT2D eigenvalue weighted by Gasteiger charge is -2.28. The van der Waals surface area contributed by atoms with Gasteiger partial charge in [-0.05, 0) is 41.6 Å². The van der Waals surface area contributed by atoms with Crippen molar-refractivity contribution in [1.29, 1.82) is 0 Å². The van der Waals surface area contributed by atoms with Crippen LogP contribution < -0.4 is 0 Å². The highest BCUT2D eigenvalue weighted by molar-refractivity contribution is 6.31.